The fourth-order valence-corrected chi connectivity index (χ4v) is 3.90. The fourth-order valence-electron chi connectivity index (χ4n) is 3.90. The van der Waals surface area contributed by atoms with Crippen molar-refractivity contribution in [2.75, 3.05) is 19.0 Å². The zero-order valence-corrected chi connectivity index (χ0v) is 16.6. The van der Waals surface area contributed by atoms with E-state index < -0.39 is 0 Å². The highest BCUT2D eigenvalue weighted by molar-refractivity contribution is 6.13. The first-order chi connectivity index (χ1) is 14.2. The van der Waals surface area contributed by atoms with Gasteiger partial charge < -0.3 is 4.90 Å². The summed E-state index contributed by atoms with van der Waals surface area (Å²) in [5, 5.41) is 4.78. The van der Waals surface area contributed by atoms with Gasteiger partial charge in [-0.05, 0) is 34.7 Å². The lowest BCUT2D eigenvalue weighted by atomic mass is 9.98. The van der Waals surface area contributed by atoms with Crippen molar-refractivity contribution in [2.45, 2.75) is 0 Å². The molecule has 0 N–H and O–H groups in total. The second kappa shape index (κ2) is 7.06. The van der Waals surface area contributed by atoms with E-state index in [2.05, 4.69) is 116 Å². The van der Waals surface area contributed by atoms with Gasteiger partial charge in [-0.25, -0.2) is 4.98 Å². The van der Waals surface area contributed by atoms with Crippen LogP contribution in [0.2, 0.25) is 0 Å². The molecular formula is C27H22N2. The summed E-state index contributed by atoms with van der Waals surface area (Å²) in [6, 6.07) is 29.9. The Morgan fingerprint density at radius 1 is 0.655 bits per heavy atom. The molecule has 0 saturated heterocycles. The third-order valence-electron chi connectivity index (χ3n) is 5.47. The van der Waals surface area contributed by atoms with Crippen molar-refractivity contribution < 1.29 is 0 Å². The molecule has 0 atom stereocenters. The second-order valence-corrected chi connectivity index (χ2v) is 7.54. The summed E-state index contributed by atoms with van der Waals surface area (Å²) < 4.78 is 0. The van der Waals surface area contributed by atoms with Gasteiger partial charge in [-0.3, -0.25) is 0 Å². The number of hydrogen-bond acceptors (Lipinski definition) is 2. The van der Waals surface area contributed by atoms with Crippen LogP contribution in [0, 0.1) is 0 Å². The van der Waals surface area contributed by atoms with Crippen LogP contribution in [-0.2, 0) is 0 Å². The smallest absolute Gasteiger partial charge is 0.0794 e. The van der Waals surface area contributed by atoms with Gasteiger partial charge in [-0.15, -0.1) is 0 Å². The van der Waals surface area contributed by atoms with Crippen molar-refractivity contribution >= 4 is 50.4 Å². The Bertz CT molecular complexity index is 1360. The van der Waals surface area contributed by atoms with Gasteiger partial charge in [-0.2, -0.15) is 0 Å². The normalized spacial score (nSPS) is 11.7. The van der Waals surface area contributed by atoms with E-state index in [0.717, 1.165) is 11.0 Å². The minimum atomic E-state index is 1.03. The van der Waals surface area contributed by atoms with Gasteiger partial charge in [0.2, 0.25) is 0 Å². The molecule has 0 unspecified atom stereocenters. The maximum absolute atomic E-state index is 5.01. The Hall–Kier alpha value is -3.65. The van der Waals surface area contributed by atoms with Gasteiger partial charge in [0.05, 0.1) is 11.0 Å². The van der Waals surface area contributed by atoms with Crippen molar-refractivity contribution in [3.05, 3.63) is 96.1 Å². The summed E-state index contributed by atoms with van der Waals surface area (Å²) in [6.45, 7) is 0. The highest BCUT2D eigenvalue weighted by atomic mass is 15.1. The van der Waals surface area contributed by atoms with E-state index in [9.17, 15) is 0 Å². The molecule has 5 rings (SSSR count). The van der Waals surface area contributed by atoms with E-state index in [1.165, 1.54) is 38.4 Å². The van der Waals surface area contributed by atoms with Crippen molar-refractivity contribution in [1.82, 2.24) is 4.98 Å². The zero-order chi connectivity index (χ0) is 19.8. The van der Waals surface area contributed by atoms with Crippen molar-refractivity contribution in [1.29, 1.82) is 0 Å². The number of nitrogens with zero attached hydrogens (tertiary/aromatic N) is 2. The number of hydrogen-bond donors (Lipinski definition) is 0. The molecule has 1 aromatic heterocycles. The maximum atomic E-state index is 5.01. The second-order valence-electron chi connectivity index (χ2n) is 7.54. The van der Waals surface area contributed by atoms with Crippen LogP contribution in [0.3, 0.4) is 0 Å². The molecule has 0 aliphatic heterocycles. The maximum Gasteiger partial charge on any atom is 0.0794 e. The van der Waals surface area contributed by atoms with Crippen molar-refractivity contribution in [2.24, 2.45) is 0 Å². The molecule has 1 heterocycles. The summed E-state index contributed by atoms with van der Waals surface area (Å²) >= 11 is 0. The van der Waals surface area contributed by atoms with Crippen molar-refractivity contribution in [3.63, 3.8) is 0 Å². The number of anilines is 1. The third kappa shape index (κ3) is 3.13. The molecular weight excluding hydrogens is 352 g/mol. The molecule has 29 heavy (non-hydrogen) atoms. The molecule has 0 aliphatic rings. The minimum Gasteiger partial charge on any atom is -0.378 e. The van der Waals surface area contributed by atoms with Crippen LogP contribution >= 0.6 is 0 Å². The molecule has 0 saturated carbocycles. The Morgan fingerprint density at radius 2 is 1.38 bits per heavy atom. The highest BCUT2D eigenvalue weighted by Gasteiger charge is 2.09. The summed E-state index contributed by atoms with van der Waals surface area (Å²) in [6.07, 6.45) is 4.42. The first-order valence-electron chi connectivity index (χ1n) is 9.86. The molecule has 0 fully saturated rings. The van der Waals surface area contributed by atoms with E-state index in [4.69, 9.17) is 4.98 Å². The van der Waals surface area contributed by atoms with E-state index in [0.29, 0.717) is 0 Å². The van der Waals surface area contributed by atoms with Crippen LogP contribution in [0.25, 0.3) is 44.7 Å². The lowest BCUT2D eigenvalue weighted by Gasteiger charge is -2.12. The van der Waals surface area contributed by atoms with Gasteiger partial charge in [0.1, 0.15) is 0 Å². The van der Waals surface area contributed by atoms with E-state index >= 15 is 0 Å². The minimum absolute atomic E-state index is 1.03. The van der Waals surface area contributed by atoms with E-state index in [1.807, 2.05) is 0 Å². The molecule has 140 valence electrons. The van der Waals surface area contributed by atoms with Crippen LogP contribution in [0.15, 0.2) is 84.9 Å². The summed E-state index contributed by atoms with van der Waals surface area (Å²) in [5.74, 6) is 0. The molecule has 2 heteroatoms. The zero-order valence-electron chi connectivity index (χ0n) is 16.6. The topological polar surface area (TPSA) is 16.1 Å². The highest BCUT2D eigenvalue weighted by Crippen LogP contribution is 2.32. The van der Waals surface area contributed by atoms with Crippen LogP contribution in [0.5, 0.6) is 0 Å². The van der Waals surface area contributed by atoms with E-state index in [-0.39, 0.29) is 0 Å². The summed E-state index contributed by atoms with van der Waals surface area (Å²) in [7, 11) is 4.12. The van der Waals surface area contributed by atoms with Crippen LogP contribution in [0.1, 0.15) is 11.1 Å². The molecule has 2 nitrogen and oxygen atoms in total. The predicted octanol–water partition coefficient (Wildman–Crippen LogP) is 6.78. The standard InChI is InChI=1S/C27H22N2/c1-29(2)21-15-11-19(12-16-21)13-17-23-24-9-5-6-10-26(24)28-27-22-8-4-3-7-20(22)14-18-25(23)27/h3-18H,1-2H3/b17-13+. The van der Waals surface area contributed by atoms with Gasteiger partial charge in [0.15, 0.2) is 0 Å². The Labute approximate surface area is 170 Å². The number of para-hydroxylation sites is 1. The summed E-state index contributed by atoms with van der Waals surface area (Å²) in [4.78, 5) is 7.13. The Morgan fingerprint density at radius 3 is 2.17 bits per heavy atom. The average Bonchev–Trinajstić information content (AvgIpc) is 2.77. The van der Waals surface area contributed by atoms with Gasteiger partial charge >= 0.3 is 0 Å². The van der Waals surface area contributed by atoms with Gasteiger partial charge in [0.25, 0.3) is 0 Å². The lowest BCUT2D eigenvalue weighted by molar-refractivity contribution is 1.13. The molecule has 4 aromatic carbocycles. The number of aromatic nitrogens is 1. The number of pyridine rings is 1. The molecule has 0 spiro atoms. The lowest BCUT2D eigenvalue weighted by Crippen LogP contribution is -2.07. The Balaban J connectivity index is 1.73. The molecule has 0 aliphatic carbocycles. The van der Waals surface area contributed by atoms with E-state index in [1.54, 1.807) is 0 Å². The van der Waals surface area contributed by atoms with Crippen LogP contribution < -0.4 is 4.90 Å². The third-order valence-corrected chi connectivity index (χ3v) is 5.47. The van der Waals surface area contributed by atoms with Crippen molar-refractivity contribution in [3.8, 4) is 0 Å². The molecule has 0 amide bonds. The average molecular weight is 374 g/mol. The first kappa shape index (κ1) is 17.4. The number of benzene rings is 4. The largest absolute Gasteiger partial charge is 0.378 e. The number of rotatable bonds is 3. The SMILES string of the molecule is CN(C)c1ccc(/C=C/c2c3ccccc3nc3c2ccc2ccccc23)cc1. The fraction of sp³-hybridized carbons (Fsp3) is 0.0741. The summed E-state index contributed by atoms with van der Waals surface area (Å²) in [5.41, 5.74) is 5.69. The molecule has 5 aromatic rings. The molecule has 0 radical (unpaired) electrons. The number of fused-ring (bicyclic) bond motifs is 4. The monoisotopic (exact) mass is 374 g/mol. The quantitative estimate of drug-likeness (QED) is 0.256. The Kier molecular flexibility index (Phi) is 4.25. The molecule has 0 bridgehead atoms. The first-order valence-corrected chi connectivity index (χ1v) is 9.86. The van der Waals surface area contributed by atoms with Gasteiger partial charge in [-0.1, -0.05) is 78.9 Å². The van der Waals surface area contributed by atoms with Crippen LogP contribution in [-0.4, -0.2) is 19.1 Å². The predicted molar refractivity (Wildman–Crippen MR) is 126 cm³/mol. The van der Waals surface area contributed by atoms with Crippen LogP contribution in [0.4, 0.5) is 5.69 Å². The van der Waals surface area contributed by atoms with Gasteiger partial charge in [0, 0.05) is 35.9 Å².